The lowest BCUT2D eigenvalue weighted by Crippen LogP contribution is -1.93. The summed E-state index contributed by atoms with van der Waals surface area (Å²) >= 11 is 0. The molecule has 0 unspecified atom stereocenters. The molecule has 31 heavy (non-hydrogen) atoms. The molecule has 0 aliphatic rings. The second-order valence-electron chi connectivity index (χ2n) is 8.06. The molecule has 2 aromatic heterocycles. The van der Waals surface area contributed by atoms with E-state index in [1.54, 1.807) is 0 Å². The van der Waals surface area contributed by atoms with E-state index in [2.05, 4.69) is 103 Å². The predicted octanol–water partition coefficient (Wildman–Crippen LogP) is 7.46. The molecule has 3 nitrogen and oxygen atoms in total. The zero-order chi connectivity index (χ0) is 20.9. The molecule has 0 aliphatic carbocycles. The quantitative estimate of drug-likeness (QED) is 0.307. The Morgan fingerprint density at radius 2 is 1.45 bits per heavy atom. The minimum absolute atomic E-state index is 0.670. The van der Waals surface area contributed by atoms with Crippen molar-refractivity contribution in [3.05, 3.63) is 96.1 Å². The average molecular weight is 402 g/mol. The number of oxazole rings is 1. The standard InChI is InChI=1S/C28H22N2O/c1-3-19-16-18(2)17-24-27(19)31-28(29-24)20-12-14-21(15-13-20)30-25-10-6-4-8-22(25)23-9-5-7-11-26(23)30/h4-17H,3H2,1-2H3. The van der Waals surface area contributed by atoms with Gasteiger partial charge >= 0.3 is 0 Å². The summed E-state index contributed by atoms with van der Waals surface area (Å²) in [5.74, 6) is 0.670. The number of hydrogen-bond donors (Lipinski definition) is 0. The van der Waals surface area contributed by atoms with Crippen LogP contribution in [0.3, 0.4) is 0 Å². The largest absolute Gasteiger partial charge is 0.436 e. The molecule has 0 spiro atoms. The Hall–Kier alpha value is -3.85. The summed E-state index contributed by atoms with van der Waals surface area (Å²) in [4.78, 5) is 4.77. The molecular weight excluding hydrogens is 380 g/mol. The second-order valence-corrected chi connectivity index (χ2v) is 8.06. The average Bonchev–Trinajstić information content (AvgIpc) is 3.38. The van der Waals surface area contributed by atoms with Crippen LogP contribution >= 0.6 is 0 Å². The molecule has 0 bridgehead atoms. The van der Waals surface area contributed by atoms with Crippen LogP contribution in [0.2, 0.25) is 0 Å². The van der Waals surface area contributed by atoms with Gasteiger partial charge in [-0.15, -0.1) is 0 Å². The molecule has 6 rings (SSSR count). The Labute approximate surface area is 180 Å². The zero-order valence-electron chi connectivity index (χ0n) is 17.6. The lowest BCUT2D eigenvalue weighted by Gasteiger charge is -2.08. The topological polar surface area (TPSA) is 31.0 Å². The molecule has 0 radical (unpaired) electrons. The van der Waals surface area contributed by atoms with Gasteiger partial charge in [0, 0.05) is 22.0 Å². The maximum Gasteiger partial charge on any atom is 0.227 e. The van der Waals surface area contributed by atoms with Crippen molar-refractivity contribution in [2.45, 2.75) is 20.3 Å². The SMILES string of the molecule is CCc1cc(C)cc2nc(-c3ccc(-n4c5ccccc5c5ccccc54)cc3)oc12. The van der Waals surface area contributed by atoms with Crippen molar-refractivity contribution in [1.82, 2.24) is 9.55 Å². The summed E-state index contributed by atoms with van der Waals surface area (Å²) in [6.07, 6.45) is 0.930. The smallest absolute Gasteiger partial charge is 0.227 e. The van der Waals surface area contributed by atoms with Crippen molar-refractivity contribution in [3.8, 4) is 17.1 Å². The molecule has 0 N–H and O–H groups in total. The van der Waals surface area contributed by atoms with E-state index in [0.717, 1.165) is 28.8 Å². The number of aryl methyl sites for hydroxylation is 2. The van der Waals surface area contributed by atoms with E-state index in [0.29, 0.717) is 5.89 Å². The van der Waals surface area contributed by atoms with Crippen LogP contribution in [0.4, 0.5) is 0 Å². The van der Waals surface area contributed by atoms with Crippen LogP contribution in [0.5, 0.6) is 0 Å². The number of aromatic nitrogens is 2. The van der Waals surface area contributed by atoms with Gasteiger partial charge in [0.05, 0.1) is 11.0 Å². The lowest BCUT2D eigenvalue weighted by molar-refractivity contribution is 0.615. The molecule has 0 saturated carbocycles. The summed E-state index contributed by atoms with van der Waals surface area (Å²) in [6, 6.07) is 29.9. The number of hydrogen-bond acceptors (Lipinski definition) is 2. The van der Waals surface area contributed by atoms with E-state index in [1.807, 2.05) is 0 Å². The van der Waals surface area contributed by atoms with E-state index in [-0.39, 0.29) is 0 Å². The fraction of sp³-hybridized carbons (Fsp3) is 0.107. The van der Waals surface area contributed by atoms with E-state index < -0.39 is 0 Å². The van der Waals surface area contributed by atoms with Gasteiger partial charge < -0.3 is 8.98 Å². The van der Waals surface area contributed by atoms with Gasteiger partial charge in [-0.25, -0.2) is 4.98 Å². The van der Waals surface area contributed by atoms with E-state index in [4.69, 9.17) is 9.40 Å². The molecule has 2 heterocycles. The number of rotatable bonds is 3. The van der Waals surface area contributed by atoms with Crippen molar-refractivity contribution in [2.75, 3.05) is 0 Å². The number of fused-ring (bicyclic) bond motifs is 4. The van der Waals surface area contributed by atoms with Crippen molar-refractivity contribution in [1.29, 1.82) is 0 Å². The molecule has 0 saturated heterocycles. The Kier molecular flexibility index (Phi) is 3.97. The minimum Gasteiger partial charge on any atom is -0.436 e. The highest BCUT2D eigenvalue weighted by molar-refractivity contribution is 6.09. The van der Waals surface area contributed by atoms with Crippen LogP contribution in [-0.4, -0.2) is 9.55 Å². The third-order valence-corrected chi connectivity index (χ3v) is 6.04. The number of nitrogens with zero attached hydrogens (tertiary/aromatic N) is 2. The summed E-state index contributed by atoms with van der Waals surface area (Å²) in [5.41, 5.74) is 8.78. The van der Waals surface area contributed by atoms with Crippen LogP contribution in [-0.2, 0) is 6.42 Å². The first kappa shape index (κ1) is 18.0. The summed E-state index contributed by atoms with van der Waals surface area (Å²) in [6.45, 7) is 4.25. The summed E-state index contributed by atoms with van der Waals surface area (Å²) in [5, 5.41) is 2.53. The number of para-hydroxylation sites is 2. The van der Waals surface area contributed by atoms with Crippen molar-refractivity contribution in [2.24, 2.45) is 0 Å². The van der Waals surface area contributed by atoms with Crippen LogP contribution < -0.4 is 0 Å². The van der Waals surface area contributed by atoms with Gasteiger partial charge in [0.2, 0.25) is 5.89 Å². The highest BCUT2D eigenvalue weighted by atomic mass is 16.3. The molecule has 0 atom stereocenters. The van der Waals surface area contributed by atoms with Crippen molar-refractivity contribution in [3.63, 3.8) is 0 Å². The van der Waals surface area contributed by atoms with Gasteiger partial charge in [0.1, 0.15) is 5.52 Å². The van der Waals surface area contributed by atoms with Gasteiger partial charge in [0.25, 0.3) is 0 Å². The third kappa shape index (κ3) is 2.77. The van der Waals surface area contributed by atoms with Crippen LogP contribution in [0.25, 0.3) is 50.0 Å². The zero-order valence-corrected chi connectivity index (χ0v) is 17.6. The molecule has 0 fully saturated rings. The molecule has 150 valence electrons. The Balaban J connectivity index is 1.49. The van der Waals surface area contributed by atoms with Crippen LogP contribution in [0, 0.1) is 6.92 Å². The van der Waals surface area contributed by atoms with Gasteiger partial charge in [-0.05, 0) is 66.9 Å². The van der Waals surface area contributed by atoms with Crippen LogP contribution in [0.1, 0.15) is 18.1 Å². The summed E-state index contributed by atoms with van der Waals surface area (Å²) in [7, 11) is 0. The van der Waals surface area contributed by atoms with Gasteiger partial charge in [-0.2, -0.15) is 0 Å². The van der Waals surface area contributed by atoms with E-state index in [9.17, 15) is 0 Å². The van der Waals surface area contributed by atoms with E-state index >= 15 is 0 Å². The van der Waals surface area contributed by atoms with Gasteiger partial charge in [0.15, 0.2) is 5.58 Å². The predicted molar refractivity (Wildman–Crippen MR) is 128 cm³/mol. The Bertz CT molecular complexity index is 1520. The Morgan fingerprint density at radius 1 is 0.806 bits per heavy atom. The van der Waals surface area contributed by atoms with Gasteiger partial charge in [-0.3, -0.25) is 0 Å². The fourth-order valence-corrected chi connectivity index (χ4v) is 4.60. The monoisotopic (exact) mass is 402 g/mol. The minimum atomic E-state index is 0.670. The molecule has 0 amide bonds. The Morgan fingerprint density at radius 3 is 2.10 bits per heavy atom. The third-order valence-electron chi connectivity index (χ3n) is 6.04. The maximum absolute atomic E-state index is 6.18. The van der Waals surface area contributed by atoms with Crippen molar-refractivity contribution >= 4 is 32.9 Å². The normalized spacial score (nSPS) is 11.7. The van der Waals surface area contributed by atoms with Gasteiger partial charge in [-0.1, -0.05) is 49.4 Å². The fourth-order valence-electron chi connectivity index (χ4n) is 4.60. The molecule has 3 heteroatoms. The van der Waals surface area contributed by atoms with Crippen molar-refractivity contribution < 1.29 is 4.42 Å². The lowest BCUT2D eigenvalue weighted by atomic mass is 10.1. The van der Waals surface area contributed by atoms with E-state index in [1.165, 1.54) is 32.9 Å². The molecule has 0 aliphatic heterocycles. The van der Waals surface area contributed by atoms with Crippen LogP contribution in [0.15, 0.2) is 89.3 Å². The summed E-state index contributed by atoms with van der Waals surface area (Å²) < 4.78 is 8.50. The molecular formula is C28H22N2O. The highest BCUT2D eigenvalue weighted by Gasteiger charge is 2.14. The number of benzene rings is 4. The highest BCUT2D eigenvalue weighted by Crippen LogP contribution is 2.33. The second kappa shape index (κ2) is 6.85. The molecule has 6 aromatic rings. The molecule has 4 aromatic carbocycles. The first-order chi connectivity index (χ1) is 15.2. The first-order valence-electron chi connectivity index (χ1n) is 10.7. The first-order valence-corrected chi connectivity index (χ1v) is 10.7. The maximum atomic E-state index is 6.18.